The van der Waals surface area contributed by atoms with Gasteiger partial charge in [-0.25, -0.2) is 17.9 Å². The summed E-state index contributed by atoms with van der Waals surface area (Å²) in [5.74, 6) is 0. The van der Waals surface area contributed by atoms with Crippen LogP contribution in [0.3, 0.4) is 0 Å². The zero-order valence-corrected chi connectivity index (χ0v) is 22.9. The number of anilines is 1. The van der Waals surface area contributed by atoms with Crippen LogP contribution in [0.4, 0.5) is 10.5 Å². The molecule has 5 rings (SSSR count). The number of carbonyl (C=O) groups excluding carboxylic acids is 1. The standard InChI is InChI=1S/C26H28ClN5O3S2/c1-16-13-23(20-5-3-4-6-22(20)29-16)30-26(33)28-10-12-32-11-9-19(15-32)31-37(34,35)25-17(2)21-14-18(27)7-8-24(21)36-25/h3-8,13-14,19,31H,9-12,15H2,1-2H3,(H2,28,29,30,33). The fourth-order valence-electron chi connectivity index (χ4n) is 4.74. The maximum absolute atomic E-state index is 13.1. The number of aromatic nitrogens is 1. The minimum atomic E-state index is -3.65. The molecule has 1 saturated heterocycles. The monoisotopic (exact) mass is 557 g/mol. The lowest BCUT2D eigenvalue weighted by molar-refractivity contribution is 0.249. The van der Waals surface area contributed by atoms with Gasteiger partial charge in [0.1, 0.15) is 4.21 Å². The number of carbonyl (C=O) groups is 1. The molecular weight excluding hydrogens is 530 g/mol. The predicted molar refractivity (Wildman–Crippen MR) is 150 cm³/mol. The number of benzene rings is 2. The van der Waals surface area contributed by atoms with Crippen molar-refractivity contribution in [2.45, 2.75) is 30.5 Å². The highest BCUT2D eigenvalue weighted by Gasteiger charge is 2.29. The topological polar surface area (TPSA) is 103 Å². The van der Waals surface area contributed by atoms with Crippen molar-refractivity contribution in [2.75, 3.05) is 31.5 Å². The average Bonchev–Trinajstić information content (AvgIpc) is 3.42. The molecule has 1 fully saturated rings. The molecule has 0 saturated carbocycles. The van der Waals surface area contributed by atoms with E-state index in [0.29, 0.717) is 35.3 Å². The van der Waals surface area contributed by atoms with E-state index in [1.807, 2.05) is 50.2 Å². The van der Waals surface area contributed by atoms with Crippen molar-refractivity contribution in [3.63, 3.8) is 0 Å². The molecule has 3 heterocycles. The Bertz CT molecular complexity index is 1590. The molecule has 1 aliphatic heterocycles. The van der Waals surface area contributed by atoms with Crippen LogP contribution in [-0.2, 0) is 10.0 Å². The number of nitrogens with zero attached hydrogens (tertiary/aromatic N) is 2. The van der Waals surface area contributed by atoms with Crippen molar-refractivity contribution >= 4 is 65.7 Å². The number of thiophene rings is 1. The highest BCUT2D eigenvalue weighted by molar-refractivity contribution is 7.91. The number of fused-ring (bicyclic) bond motifs is 2. The minimum absolute atomic E-state index is 0.182. The summed E-state index contributed by atoms with van der Waals surface area (Å²) in [5.41, 5.74) is 3.10. The van der Waals surface area contributed by atoms with E-state index in [-0.39, 0.29) is 12.1 Å². The van der Waals surface area contributed by atoms with Crippen molar-refractivity contribution in [2.24, 2.45) is 0 Å². The molecule has 0 bridgehead atoms. The number of pyridine rings is 1. The van der Waals surface area contributed by atoms with Crippen LogP contribution in [0, 0.1) is 13.8 Å². The third-order valence-corrected chi connectivity index (χ3v) is 10.1. The summed E-state index contributed by atoms with van der Waals surface area (Å²) in [6, 6.07) is 14.5. The van der Waals surface area contributed by atoms with Gasteiger partial charge >= 0.3 is 6.03 Å². The number of urea groups is 1. The summed E-state index contributed by atoms with van der Waals surface area (Å²) in [4.78, 5) is 19.2. The Morgan fingerprint density at radius 2 is 1.97 bits per heavy atom. The van der Waals surface area contributed by atoms with Crippen molar-refractivity contribution < 1.29 is 13.2 Å². The molecule has 8 nitrogen and oxygen atoms in total. The van der Waals surface area contributed by atoms with Gasteiger partial charge in [-0.2, -0.15) is 0 Å². The Morgan fingerprint density at radius 3 is 2.81 bits per heavy atom. The first kappa shape index (κ1) is 25.9. The first-order valence-electron chi connectivity index (χ1n) is 12.0. The number of nitrogens with one attached hydrogen (secondary N) is 3. The first-order valence-corrected chi connectivity index (χ1v) is 14.7. The molecule has 1 atom stereocenters. The second-order valence-corrected chi connectivity index (χ2v) is 12.7. The van der Waals surface area contributed by atoms with Gasteiger partial charge in [-0.05, 0) is 68.1 Å². The van der Waals surface area contributed by atoms with Crippen LogP contribution in [0.1, 0.15) is 17.7 Å². The van der Waals surface area contributed by atoms with E-state index in [4.69, 9.17) is 11.6 Å². The average molecular weight is 558 g/mol. The van der Waals surface area contributed by atoms with Gasteiger partial charge in [-0.15, -0.1) is 11.3 Å². The van der Waals surface area contributed by atoms with Crippen LogP contribution in [0.5, 0.6) is 0 Å². The van der Waals surface area contributed by atoms with Crippen molar-refractivity contribution in [3.8, 4) is 0 Å². The highest BCUT2D eigenvalue weighted by atomic mass is 35.5. The van der Waals surface area contributed by atoms with Gasteiger partial charge in [0.05, 0.1) is 11.2 Å². The Labute approximate surface area is 225 Å². The van der Waals surface area contributed by atoms with Crippen LogP contribution in [0.2, 0.25) is 5.02 Å². The number of amides is 2. The van der Waals surface area contributed by atoms with Crippen molar-refractivity contribution in [1.29, 1.82) is 0 Å². The van der Waals surface area contributed by atoms with Crippen LogP contribution in [0.15, 0.2) is 52.7 Å². The molecule has 2 aromatic heterocycles. The number of sulfonamides is 1. The highest BCUT2D eigenvalue weighted by Crippen LogP contribution is 2.35. The van der Waals surface area contributed by atoms with Gasteiger partial charge in [-0.1, -0.05) is 29.8 Å². The molecule has 37 heavy (non-hydrogen) atoms. The van der Waals surface area contributed by atoms with E-state index in [0.717, 1.165) is 44.5 Å². The lowest BCUT2D eigenvalue weighted by Crippen LogP contribution is -2.39. The maximum atomic E-state index is 13.1. The molecule has 4 aromatic rings. The molecule has 0 radical (unpaired) electrons. The fourth-order valence-corrected chi connectivity index (χ4v) is 7.93. The molecule has 2 amide bonds. The molecule has 3 N–H and O–H groups in total. The lowest BCUT2D eigenvalue weighted by Gasteiger charge is -2.17. The Morgan fingerprint density at radius 1 is 1.16 bits per heavy atom. The summed E-state index contributed by atoms with van der Waals surface area (Å²) in [5, 5.41) is 8.16. The third-order valence-electron chi connectivity index (χ3n) is 6.50. The van der Waals surface area contributed by atoms with Crippen molar-refractivity contribution in [1.82, 2.24) is 19.9 Å². The van der Waals surface area contributed by atoms with Crippen LogP contribution in [0.25, 0.3) is 21.0 Å². The molecule has 194 valence electrons. The number of hydrogen-bond donors (Lipinski definition) is 3. The largest absolute Gasteiger partial charge is 0.337 e. The number of para-hydroxylation sites is 1. The van der Waals surface area contributed by atoms with E-state index < -0.39 is 10.0 Å². The van der Waals surface area contributed by atoms with Gasteiger partial charge in [0.2, 0.25) is 0 Å². The van der Waals surface area contributed by atoms with E-state index in [9.17, 15) is 13.2 Å². The number of likely N-dealkylation sites (tertiary alicyclic amines) is 1. The van der Waals surface area contributed by atoms with E-state index in [2.05, 4.69) is 25.2 Å². The first-order chi connectivity index (χ1) is 17.7. The Hall–Kier alpha value is -2.76. The van der Waals surface area contributed by atoms with Crippen LogP contribution in [-0.4, -0.2) is 56.6 Å². The smallest absolute Gasteiger partial charge is 0.319 e. The normalized spacial score (nSPS) is 16.5. The third kappa shape index (κ3) is 5.73. The molecule has 11 heteroatoms. The zero-order chi connectivity index (χ0) is 26.2. The van der Waals surface area contributed by atoms with Gasteiger partial charge in [0.15, 0.2) is 0 Å². The van der Waals surface area contributed by atoms with Crippen molar-refractivity contribution in [3.05, 3.63) is 64.8 Å². The number of halogens is 1. The molecule has 0 spiro atoms. The minimum Gasteiger partial charge on any atom is -0.337 e. The molecule has 0 aliphatic carbocycles. The number of rotatable bonds is 7. The summed E-state index contributed by atoms with van der Waals surface area (Å²) in [6.07, 6.45) is 0.712. The van der Waals surface area contributed by atoms with Gasteiger partial charge in [0, 0.05) is 46.5 Å². The van der Waals surface area contributed by atoms with Crippen LogP contribution >= 0.6 is 22.9 Å². The van der Waals surface area contributed by atoms with Gasteiger partial charge in [0.25, 0.3) is 10.0 Å². The van der Waals surface area contributed by atoms with Crippen LogP contribution < -0.4 is 15.4 Å². The lowest BCUT2D eigenvalue weighted by atomic mass is 10.1. The SMILES string of the molecule is Cc1cc(NC(=O)NCCN2CCC(NS(=O)(=O)c3sc4ccc(Cl)cc4c3C)C2)c2ccccc2n1. The fraction of sp³-hybridized carbons (Fsp3) is 0.308. The molecule has 2 aromatic carbocycles. The maximum Gasteiger partial charge on any atom is 0.319 e. The number of hydrogen-bond acceptors (Lipinski definition) is 6. The predicted octanol–water partition coefficient (Wildman–Crippen LogP) is 4.89. The van der Waals surface area contributed by atoms with E-state index in [1.54, 1.807) is 12.1 Å². The summed E-state index contributed by atoms with van der Waals surface area (Å²) >= 11 is 7.36. The van der Waals surface area contributed by atoms with E-state index >= 15 is 0 Å². The van der Waals surface area contributed by atoms with Gasteiger partial charge < -0.3 is 10.6 Å². The Kier molecular flexibility index (Phi) is 7.37. The summed E-state index contributed by atoms with van der Waals surface area (Å²) in [6.45, 7) is 6.13. The zero-order valence-electron chi connectivity index (χ0n) is 20.5. The van der Waals surface area contributed by atoms with E-state index in [1.165, 1.54) is 11.3 Å². The van der Waals surface area contributed by atoms with Gasteiger partial charge in [-0.3, -0.25) is 9.88 Å². The quantitative estimate of drug-likeness (QED) is 0.300. The summed E-state index contributed by atoms with van der Waals surface area (Å²) in [7, 11) is -3.65. The molecule has 1 unspecified atom stereocenters. The summed E-state index contributed by atoms with van der Waals surface area (Å²) < 4.78 is 30.4. The molecular formula is C26H28ClN5O3S2. The molecule has 1 aliphatic rings. The Balaban J connectivity index is 1.13. The number of aryl methyl sites for hydroxylation is 2. The second kappa shape index (κ2) is 10.5. The second-order valence-electron chi connectivity index (χ2n) is 9.27.